The van der Waals surface area contributed by atoms with Gasteiger partial charge in [0.2, 0.25) is 5.91 Å². The number of benzene rings is 2. The van der Waals surface area contributed by atoms with E-state index in [2.05, 4.69) is 40.8 Å². The minimum Gasteiger partial charge on any atom is -0.349 e. The second kappa shape index (κ2) is 11.7. The number of anilines is 1. The summed E-state index contributed by atoms with van der Waals surface area (Å²) >= 11 is 0. The number of aromatic nitrogens is 3. The number of amides is 2. The van der Waals surface area contributed by atoms with Crippen molar-refractivity contribution in [3.05, 3.63) is 89.0 Å². The number of nitrogens with one attached hydrogen (secondary N) is 1. The van der Waals surface area contributed by atoms with E-state index in [1.165, 1.54) is 17.0 Å². The molecule has 0 bridgehead atoms. The highest BCUT2D eigenvalue weighted by Crippen LogP contribution is 2.52. The molecule has 238 valence electrons. The molecule has 2 atom stereocenters. The van der Waals surface area contributed by atoms with Crippen molar-refractivity contribution >= 4 is 17.5 Å². The standard InChI is InChI=1S/C34H39F3N6O2/c1-5-22-10-25(39-30(44)6-2)18-42(16-22)17-23-11-27-28(29(12-23)34(35,36)37)19-43(31(27)45)26-9-7-8-24(13-26)33(14-21(3)15-33)32-40-38-20-41(32)4/h6-9,11-13,20-22,25H,2,5,10,14-19H2,1,3-4H3,(H,39,44)/t21?,22-,25+,33?/m1/s1. The molecule has 1 aromatic heterocycles. The molecule has 2 aromatic carbocycles. The van der Waals surface area contributed by atoms with E-state index < -0.39 is 17.6 Å². The molecule has 0 unspecified atom stereocenters. The van der Waals surface area contributed by atoms with E-state index in [1.807, 2.05) is 29.8 Å². The average molecular weight is 621 g/mol. The molecule has 0 radical (unpaired) electrons. The lowest BCUT2D eigenvalue weighted by molar-refractivity contribution is -0.138. The predicted molar refractivity (Wildman–Crippen MR) is 164 cm³/mol. The van der Waals surface area contributed by atoms with E-state index in [9.17, 15) is 22.8 Å². The van der Waals surface area contributed by atoms with Gasteiger partial charge in [0.25, 0.3) is 5.91 Å². The molecule has 3 aliphatic rings. The van der Waals surface area contributed by atoms with Crippen molar-refractivity contribution in [2.24, 2.45) is 18.9 Å². The van der Waals surface area contributed by atoms with Crippen LogP contribution in [0.15, 0.2) is 55.4 Å². The van der Waals surface area contributed by atoms with Gasteiger partial charge in [-0.25, -0.2) is 0 Å². The van der Waals surface area contributed by atoms with Crippen LogP contribution >= 0.6 is 0 Å². The number of carbonyl (C=O) groups is 2. The fraction of sp³-hybridized carbons (Fsp3) is 0.471. The van der Waals surface area contributed by atoms with Crippen LogP contribution in [-0.2, 0) is 36.5 Å². The third kappa shape index (κ3) is 5.78. The first-order valence-electron chi connectivity index (χ1n) is 15.6. The molecule has 0 spiro atoms. The van der Waals surface area contributed by atoms with Crippen LogP contribution in [0.2, 0.25) is 0 Å². The number of rotatable bonds is 8. The zero-order valence-corrected chi connectivity index (χ0v) is 25.9. The topological polar surface area (TPSA) is 83.4 Å². The third-order valence-electron chi connectivity index (χ3n) is 9.78. The van der Waals surface area contributed by atoms with Crippen molar-refractivity contribution in [1.29, 1.82) is 0 Å². The molecule has 45 heavy (non-hydrogen) atoms. The smallest absolute Gasteiger partial charge is 0.349 e. The SMILES string of the molecule is C=CC(=O)N[C@H]1C[C@@H](CC)CN(Cc2cc3c(c(C(F)(F)F)c2)CN(c2cccc(C4(c5nncn5C)CC(C)C4)c2)C3=O)C1. The van der Waals surface area contributed by atoms with Gasteiger partial charge in [-0.15, -0.1) is 10.2 Å². The van der Waals surface area contributed by atoms with Crippen LogP contribution in [0.3, 0.4) is 0 Å². The van der Waals surface area contributed by atoms with Crippen LogP contribution in [0.1, 0.15) is 78.0 Å². The Labute approximate surface area is 261 Å². The fourth-order valence-electron chi connectivity index (χ4n) is 7.74. The Hall–Kier alpha value is -3.99. The summed E-state index contributed by atoms with van der Waals surface area (Å²) < 4.78 is 45.4. The summed E-state index contributed by atoms with van der Waals surface area (Å²) in [5.74, 6) is 0.908. The predicted octanol–water partition coefficient (Wildman–Crippen LogP) is 5.61. The van der Waals surface area contributed by atoms with Gasteiger partial charge in [0.15, 0.2) is 0 Å². The first-order valence-corrected chi connectivity index (χ1v) is 15.6. The number of carbonyl (C=O) groups excluding carboxylic acids is 2. The van der Waals surface area contributed by atoms with Gasteiger partial charge in [0.05, 0.1) is 17.5 Å². The number of aryl methyl sites for hydroxylation is 1. The highest BCUT2D eigenvalue weighted by Gasteiger charge is 2.48. The summed E-state index contributed by atoms with van der Waals surface area (Å²) in [5, 5.41) is 11.4. The third-order valence-corrected chi connectivity index (χ3v) is 9.78. The second-order valence-electron chi connectivity index (χ2n) is 13.1. The monoisotopic (exact) mass is 620 g/mol. The number of nitrogens with zero attached hydrogens (tertiary/aromatic N) is 5. The molecule has 2 amide bonds. The van der Waals surface area contributed by atoms with E-state index in [4.69, 9.17) is 0 Å². The number of hydrogen-bond acceptors (Lipinski definition) is 5. The molecule has 1 aliphatic carbocycles. The molecule has 3 aromatic rings. The van der Waals surface area contributed by atoms with Crippen molar-refractivity contribution in [2.45, 2.75) is 70.3 Å². The first kappa shape index (κ1) is 31.0. The van der Waals surface area contributed by atoms with Gasteiger partial charge in [-0.2, -0.15) is 13.2 Å². The summed E-state index contributed by atoms with van der Waals surface area (Å²) in [6.45, 7) is 9.07. The molecule has 1 N–H and O–H groups in total. The molecular weight excluding hydrogens is 581 g/mol. The van der Waals surface area contributed by atoms with Gasteiger partial charge in [-0.3, -0.25) is 14.5 Å². The zero-order valence-electron chi connectivity index (χ0n) is 25.9. The Morgan fingerprint density at radius 3 is 2.62 bits per heavy atom. The summed E-state index contributed by atoms with van der Waals surface area (Å²) in [6.07, 6.45) is 1.70. The van der Waals surface area contributed by atoms with Gasteiger partial charge >= 0.3 is 6.18 Å². The minimum absolute atomic E-state index is 0.00290. The molecule has 2 aliphatic heterocycles. The number of fused-ring (bicyclic) bond motifs is 1. The highest BCUT2D eigenvalue weighted by atomic mass is 19.4. The summed E-state index contributed by atoms with van der Waals surface area (Å²) in [5.41, 5.74) is 0.921. The van der Waals surface area contributed by atoms with E-state index >= 15 is 0 Å². The number of alkyl halides is 3. The normalized spacial score (nSPS) is 25.2. The number of halogens is 3. The summed E-state index contributed by atoms with van der Waals surface area (Å²) in [6, 6.07) is 10.3. The Balaban J connectivity index is 1.30. The van der Waals surface area contributed by atoms with Crippen molar-refractivity contribution < 1.29 is 22.8 Å². The maximum absolute atomic E-state index is 14.5. The lowest BCUT2D eigenvalue weighted by Crippen LogP contribution is -2.50. The van der Waals surface area contributed by atoms with Gasteiger partial charge < -0.3 is 14.8 Å². The van der Waals surface area contributed by atoms with Gasteiger partial charge in [-0.1, -0.05) is 39.0 Å². The minimum atomic E-state index is -4.62. The second-order valence-corrected chi connectivity index (χ2v) is 13.1. The fourth-order valence-corrected chi connectivity index (χ4v) is 7.74. The number of piperidine rings is 1. The molecule has 2 fully saturated rings. The Morgan fingerprint density at radius 1 is 1.20 bits per heavy atom. The summed E-state index contributed by atoms with van der Waals surface area (Å²) in [7, 11) is 1.91. The lowest BCUT2D eigenvalue weighted by Gasteiger charge is -2.46. The van der Waals surface area contributed by atoms with Gasteiger partial charge in [-0.05, 0) is 78.1 Å². The molecule has 11 heteroatoms. The molecular formula is C34H39F3N6O2. The lowest BCUT2D eigenvalue weighted by atomic mass is 9.58. The van der Waals surface area contributed by atoms with Crippen molar-refractivity contribution in [1.82, 2.24) is 25.0 Å². The number of likely N-dealkylation sites (tertiary alicyclic amines) is 1. The van der Waals surface area contributed by atoms with Crippen molar-refractivity contribution in [3.8, 4) is 0 Å². The van der Waals surface area contributed by atoms with Crippen molar-refractivity contribution in [2.75, 3.05) is 18.0 Å². The van der Waals surface area contributed by atoms with Crippen LogP contribution in [-0.4, -0.2) is 50.6 Å². The first-order chi connectivity index (χ1) is 21.4. The molecule has 1 saturated heterocycles. The average Bonchev–Trinajstić information content (AvgIpc) is 3.57. The maximum atomic E-state index is 14.5. The van der Waals surface area contributed by atoms with Crippen LogP contribution in [0, 0.1) is 11.8 Å². The van der Waals surface area contributed by atoms with E-state index in [0.717, 1.165) is 37.1 Å². The van der Waals surface area contributed by atoms with Crippen LogP contribution in [0.4, 0.5) is 18.9 Å². The molecule has 3 heterocycles. The molecule has 1 saturated carbocycles. The molecule has 8 nitrogen and oxygen atoms in total. The van der Waals surface area contributed by atoms with Crippen molar-refractivity contribution in [3.63, 3.8) is 0 Å². The van der Waals surface area contributed by atoms with Gasteiger partial charge in [0.1, 0.15) is 12.2 Å². The van der Waals surface area contributed by atoms with E-state index in [0.29, 0.717) is 36.2 Å². The number of hydrogen-bond donors (Lipinski definition) is 1. The van der Waals surface area contributed by atoms with Crippen LogP contribution in [0.5, 0.6) is 0 Å². The zero-order chi connectivity index (χ0) is 32.1. The Kier molecular flexibility index (Phi) is 8.09. The maximum Gasteiger partial charge on any atom is 0.416 e. The highest BCUT2D eigenvalue weighted by molar-refractivity contribution is 6.10. The Morgan fingerprint density at radius 2 is 1.98 bits per heavy atom. The van der Waals surface area contributed by atoms with E-state index in [-0.39, 0.29) is 41.6 Å². The van der Waals surface area contributed by atoms with Crippen LogP contribution in [0.25, 0.3) is 0 Å². The van der Waals surface area contributed by atoms with E-state index in [1.54, 1.807) is 18.5 Å². The quantitative estimate of drug-likeness (QED) is 0.331. The van der Waals surface area contributed by atoms with Gasteiger partial charge in [0, 0.05) is 44.0 Å². The van der Waals surface area contributed by atoms with Crippen LogP contribution < -0.4 is 10.2 Å². The molecule has 6 rings (SSSR count). The summed E-state index contributed by atoms with van der Waals surface area (Å²) in [4.78, 5) is 29.4. The largest absolute Gasteiger partial charge is 0.416 e. The Bertz CT molecular complexity index is 1630.